The van der Waals surface area contributed by atoms with Crippen molar-refractivity contribution in [2.24, 2.45) is 46.3 Å². The van der Waals surface area contributed by atoms with Crippen LogP contribution in [0.5, 0.6) is 0 Å². The zero-order valence-electron chi connectivity index (χ0n) is 19.8. The van der Waals surface area contributed by atoms with E-state index in [4.69, 9.17) is 0 Å². The van der Waals surface area contributed by atoms with Gasteiger partial charge in [0.05, 0.1) is 6.10 Å². The molecule has 0 saturated heterocycles. The number of hydrogen-bond donors (Lipinski definition) is 2. The normalized spacial score (nSPS) is 46.4. The SMILES string of the molecule is C[C@H](CCC(=O)[O-])[C@H]1CCC2C3CC[C@@H]4C[C-](O)CC[C@]4(C)C3C[C@H](O)[C@@]21C.[Na+].[Na+]. The number of rotatable bonds is 4. The Morgan fingerprint density at radius 2 is 1.87 bits per heavy atom. The minimum absolute atomic E-state index is 0. The maximum atomic E-state index is 11.4. The molecule has 0 heterocycles. The van der Waals surface area contributed by atoms with Crippen molar-refractivity contribution in [3.8, 4) is 0 Å². The third-order valence-electron chi connectivity index (χ3n) is 10.2. The molecular weight excluding hydrogens is 398 g/mol. The van der Waals surface area contributed by atoms with Crippen LogP contribution in [0.2, 0.25) is 0 Å². The molecule has 30 heavy (non-hydrogen) atoms. The van der Waals surface area contributed by atoms with Crippen LogP contribution >= 0.6 is 0 Å². The number of carbonyl (C=O) groups excluding carboxylic acids is 1. The number of aliphatic carboxylic acids is 1. The van der Waals surface area contributed by atoms with Gasteiger partial charge in [0.15, 0.2) is 0 Å². The van der Waals surface area contributed by atoms with Crippen LogP contribution < -0.4 is 64.2 Å². The van der Waals surface area contributed by atoms with Crippen molar-refractivity contribution in [1.82, 2.24) is 0 Å². The van der Waals surface area contributed by atoms with Gasteiger partial charge in [0.2, 0.25) is 0 Å². The van der Waals surface area contributed by atoms with Crippen LogP contribution in [0.3, 0.4) is 0 Å². The topological polar surface area (TPSA) is 80.6 Å². The molecule has 160 valence electrons. The van der Waals surface area contributed by atoms with E-state index in [9.17, 15) is 20.1 Å². The summed E-state index contributed by atoms with van der Waals surface area (Å²) < 4.78 is 0. The molecule has 0 spiro atoms. The van der Waals surface area contributed by atoms with Crippen LogP contribution in [0.4, 0.5) is 0 Å². The minimum atomic E-state index is -0.959. The Bertz CT molecular complexity index is 616. The van der Waals surface area contributed by atoms with Crippen molar-refractivity contribution in [2.75, 3.05) is 0 Å². The first-order chi connectivity index (χ1) is 13.2. The van der Waals surface area contributed by atoms with Crippen LogP contribution in [0.15, 0.2) is 0 Å². The number of fused-ring (bicyclic) bond motifs is 5. The molecule has 0 bridgehead atoms. The van der Waals surface area contributed by atoms with E-state index in [0.717, 1.165) is 32.1 Å². The first kappa shape index (κ1) is 27.6. The molecule has 0 aromatic heterocycles. The number of aliphatic hydroxyl groups excluding tert-OH is 2. The van der Waals surface area contributed by atoms with E-state index >= 15 is 0 Å². The second kappa shape index (κ2) is 10.3. The molecule has 0 aliphatic heterocycles. The van der Waals surface area contributed by atoms with E-state index in [1.807, 2.05) is 0 Å². The number of carboxylic acid groups (broad SMARTS) is 1. The Kier molecular flexibility index (Phi) is 9.52. The summed E-state index contributed by atoms with van der Waals surface area (Å²) in [4.78, 5) is 10.9. The summed E-state index contributed by atoms with van der Waals surface area (Å²) in [5.74, 6) is 2.11. The fourth-order valence-corrected chi connectivity index (χ4v) is 8.53. The van der Waals surface area contributed by atoms with Crippen LogP contribution in [0, 0.1) is 52.4 Å². The number of hydrogen-bond acceptors (Lipinski definition) is 4. The summed E-state index contributed by atoms with van der Waals surface area (Å²) in [5.41, 5.74) is 0.161. The number of carbonyl (C=O) groups is 1. The van der Waals surface area contributed by atoms with Gasteiger partial charge < -0.3 is 20.1 Å². The molecule has 0 amide bonds. The van der Waals surface area contributed by atoms with Gasteiger partial charge in [0.1, 0.15) is 0 Å². The van der Waals surface area contributed by atoms with Gasteiger partial charge in [-0.3, -0.25) is 0 Å². The molecule has 0 radical (unpaired) electrons. The molecule has 2 N–H and O–H groups in total. The molecule has 0 aromatic rings. The van der Waals surface area contributed by atoms with Crippen molar-refractivity contribution in [2.45, 2.75) is 91.1 Å². The molecule has 4 nitrogen and oxygen atoms in total. The van der Waals surface area contributed by atoms with Gasteiger partial charge in [-0.05, 0) is 78.9 Å². The zero-order chi connectivity index (χ0) is 20.3. The van der Waals surface area contributed by atoms with Gasteiger partial charge in [-0.15, -0.1) is 0 Å². The predicted molar refractivity (Wildman–Crippen MR) is 105 cm³/mol. The quantitative estimate of drug-likeness (QED) is 0.384. The van der Waals surface area contributed by atoms with Crippen molar-refractivity contribution in [3.63, 3.8) is 0 Å². The van der Waals surface area contributed by atoms with Crippen molar-refractivity contribution in [1.29, 1.82) is 0 Å². The van der Waals surface area contributed by atoms with Crippen LogP contribution in [-0.2, 0) is 4.79 Å². The van der Waals surface area contributed by atoms with Gasteiger partial charge in [0, 0.05) is 5.97 Å². The second-order valence-corrected chi connectivity index (χ2v) is 11.1. The van der Waals surface area contributed by atoms with Gasteiger partial charge in [-0.25, -0.2) is 0 Å². The zero-order valence-corrected chi connectivity index (χ0v) is 23.8. The van der Waals surface area contributed by atoms with E-state index in [2.05, 4.69) is 20.8 Å². The average Bonchev–Trinajstić information content (AvgIpc) is 3.00. The summed E-state index contributed by atoms with van der Waals surface area (Å²) in [5, 5.41) is 32.5. The van der Waals surface area contributed by atoms with Crippen LogP contribution in [0.1, 0.15) is 85.0 Å². The molecule has 4 aliphatic rings. The van der Waals surface area contributed by atoms with Crippen LogP contribution in [0.25, 0.3) is 0 Å². The van der Waals surface area contributed by atoms with E-state index in [1.54, 1.807) is 0 Å². The average molecular weight is 437 g/mol. The van der Waals surface area contributed by atoms with E-state index < -0.39 is 5.97 Å². The summed E-state index contributed by atoms with van der Waals surface area (Å²) in [6.45, 7) is 6.92. The number of aliphatic hydroxyl groups is 2. The Hall–Kier alpha value is 1.39. The minimum Gasteiger partial charge on any atom is -0.563 e. The fourth-order valence-electron chi connectivity index (χ4n) is 8.53. The Labute approximate surface area is 226 Å². The van der Waals surface area contributed by atoms with Crippen molar-refractivity contribution in [3.05, 3.63) is 6.10 Å². The third-order valence-corrected chi connectivity index (χ3v) is 10.2. The predicted octanol–water partition coefficient (Wildman–Crippen LogP) is -2.31. The molecule has 0 aromatic carbocycles. The Morgan fingerprint density at radius 3 is 2.53 bits per heavy atom. The Balaban J connectivity index is 0.00000160. The van der Waals surface area contributed by atoms with Gasteiger partial charge in [-0.1, -0.05) is 39.5 Å². The standard InChI is InChI=1S/C24H39O4.2Na/c1-14(4-9-22(27)28)18-7-8-19-17-6-5-15-12-16(25)10-11-23(15,2)20(17)13-21(26)24(18,19)3;;/h14-15,17-21,25-26H,4-13H2,1-3H3,(H,27,28);;/q-1;2*+1/p-1/t14-,15-,17?,18-,19?,20?,21+,23+,24-;;/m1../s1. The van der Waals surface area contributed by atoms with Gasteiger partial charge in [0.25, 0.3) is 0 Å². The van der Waals surface area contributed by atoms with Gasteiger partial charge >= 0.3 is 59.1 Å². The van der Waals surface area contributed by atoms with Crippen molar-refractivity contribution >= 4 is 5.97 Å². The Morgan fingerprint density at radius 1 is 1.17 bits per heavy atom. The molecule has 4 aliphatic carbocycles. The van der Waals surface area contributed by atoms with E-state index in [-0.39, 0.29) is 82.5 Å². The van der Waals surface area contributed by atoms with Crippen molar-refractivity contribution < 1.29 is 79.2 Å². The molecule has 4 saturated carbocycles. The summed E-state index contributed by atoms with van der Waals surface area (Å²) >= 11 is 0. The molecule has 9 atom stereocenters. The smallest absolute Gasteiger partial charge is 0.563 e. The number of carboxylic acids is 1. The van der Waals surface area contributed by atoms with Crippen LogP contribution in [-0.4, -0.2) is 22.3 Å². The monoisotopic (exact) mass is 436 g/mol. The molecule has 4 rings (SSSR count). The molecular formula is C24H38Na2O4. The summed E-state index contributed by atoms with van der Waals surface area (Å²) in [7, 11) is 0. The first-order valence-electron chi connectivity index (χ1n) is 11.6. The van der Waals surface area contributed by atoms with E-state index in [1.165, 1.54) is 19.3 Å². The van der Waals surface area contributed by atoms with Gasteiger partial charge in [-0.2, -0.15) is 18.9 Å². The maximum Gasteiger partial charge on any atom is 1.00 e. The van der Waals surface area contributed by atoms with E-state index in [0.29, 0.717) is 48.0 Å². The fraction of sp³-hybridized carbons (Fsp3) is 0.917. The summed E-state index contributed by atoms with van der Waals surface area (Å²) in [6, 6.07) is 0. The maximum absolute atomic E-state index is 11.4. The summed E-state index contributed by atoms with van der Waals surface area (Å²) in [6.07, 6.45) is 9.53. The molecule has 4 fully saturated rings. The molecule has 6 heteroatoms. The molecule has 3 unspecified atom stereocenters. The third kappa shape index (κ3) is 4.52. The first-order valence-corrected chi connectivity index (χ1v) is 11.6. The largest absolute Gasteiger partial charge is 1.00 e. The second-order valence-electron chi connectivity index (χ2n) is 11.1.